The van der Waals surface area contributed by atoms with Crippen LogP contribution in [-0.4, -0.2) is 37.1 Å². The third-order valence-corrected chi connectivity index (χ3v) is 4.38. The molecule has 18 heavy (non-hydrogen) atoms. The van der Waals surface area contributed by atoms with Gasteiger partial charge in [-0.05, 0) is 30.3 Å². The summed E-state index contributed by atoms with van der Waals surface area (Å²) in [5, 5.41) is 0. The van der Waals surface area contributed by atoms with E-state index in [4.69, 9.17) is 4.74 Å². The third kappa shape index (κ3) is 3.35. The van der Waals surface area contributed by atoms with E-state index in [2.05, 4.69) is 19.9 Å². The van der Waals surface area contributed by atoms with Crippen molar-refractivity contribution in [2.75, 3.05) is 26.3 Å². The van der Waals surface area contributed by atoms with Gasteiger partial charge >= 0.3 is 0 Å². The molecule has 2 rings (SSSR count). The van der Waals surface area contributed by atoms with Crippen molar-refractivity contribution in [2.24, 2.45) is 11.3 Å². The first-order valence-electron chi connectivity index (χ1n) is 7.14. The summed E-state index contributed by atoms with van der Waals surface area (Å²) in [6.45, 7) is 7.46. The largest absolute Gasteiger partial charge is 0.378 e. The molecule has 0 aromatic rings. The third-order valence-electron chi connectivity index (χ3n) is 4.38. The Labute approximate surface area is 110 Å². The predicted octanol–water partition coefficient (Wildman–Crippen LogP) is 2.62. The molecular weight excluding hydrogens is 226 g/mol. The van der Waals surface area contributed by atoms with E-state index >= 15 is 0 Å². The summed E-state index contributed by atoms with van der Waals surface area (Å²) >= 11 is 0. The van der Waals surface area contributed by atoms with E-state index in [0.717, 1.165) is 13.1 Å². The smallest absolute Gasteiger partial charge is 0.246 e. The van der Waals surface area contributed by atoms with Crippen LogP contribution in [0.3, 0.4) is 0 Å². The van der Waals surface area contributed by atoms with Gasteiger partial charge in [-0.15, -0.1) is 0 Å². The van der Waals surface area contributed by atoms with Crippen molar-refractivity contribution in [3.63, 3.8) is 0 Å². The SMILES string of the molecule is CC1(C)CCCC[C@H]1/C=C/C(=O)N1CCOCC1. The van der Waals surface area contributed by atoms with Gasteiger partial charge in [-0.3, -0.25) is 4.79 Å². The molecule has 1 aliphatic carbocycles. The number of nitrogens with zero attached hydrogens (tertiary/aromatic N) is 1. The molecule has 1 atom stereocenters. The van der Waals surface area contributed by atoms with Gasteiger partial charge in [0.25, 0.3) is 0 Å². The molecule has 0 spiro atoms. The summed E-state index contributed by atoms with van der Waals surface area (Å²) in [5.41, 5.74) is 0.347. The van der Waals surface area contributed by atoms with Crippen molar-refractivity contribution >= 4 is 5.91 Å². The molecule has 1 amide bonds. The van der Waals surface area contributed by atoms with Crippen LogP contribution in [-0.2, 0) is 9.53 Å². The van der Waals surface area contributed by atoms with E-state index in [0.29, 0.717) is 24.5 Å². The van der Waals surface area contributed by atoms with Crippen molar-refractivity contribution in [3.05, 3.63) is 12.2 Å². The first kappa shape index (κ1) is 13.6. The van der Waals surface area contributed by atoms with Crippen LogP contribution in [0.25, 0.3) is 0 Å². The summed E-state index contributed by atoms with van der Waals surface area (Å²) in [5.74, 6) is 0.705. The van der Waals surface area contributed by atoms with E-state index in [1.165, 1.54) is 25.7 Å². The quantitative estimate of drug-likeness (QED) is 0.706. The lowest BCUT2D eigenvalue weighted by atomic mass is 9.69. The Morgan fingerprint density at radius 1 is 1.28 bits per heavy atom. The van der Waals surface area contributed by atoms with Gasteiger partial charge in [0, 0.05) is 13.1 Å². The van der Waals surface area contributed by atoms with E-state index in [9.17, 15) is 4.79 Å². The van der Waals surface area contributed by atoms with Crippen LogP contribution in [0, 0.1) is 11.3 Å². The highest BCUT2D eigenvalue weighted by molar-refractivity contribution is 5.87. The number of hydrogen-bond donors (Lipinski definition) is 0. The summed E-state index contributed by atoms with van der Waals surface area (Å²) in [6, 6.07) is 0. The summed E-state index contributed by atoms with van der Waals surface area (Å²) < 4.78 is 5.26. The zero-order valence-corrected chi connectivity index (χ0v) is 11.7. The number of carbonyl (C=O) groups is 1. The maximum Gasteiger partial charge on any atom is 0.246 e. The van der Waals surface area contributed by atoms with Crippen LogP contribution in [0.5, 0.6) is 0 Å². The van der Waals surface area contributed by atoms with E-state index in [1.54, 1.807) is 6.08 Å². The Morgan fingerprint density at radius 3 is 2.67 bits per heavy atom. The molecule has 0 radical (unpaired) electrons. The lowest BCUT2D eigenvalue weighted by Gasteiger charge is -2.37. The van der Waals surface area contributed by atoms with Crippen molar-refractivity contribution in [3.8, 4) is 0 Å². The molecule has 0 unspecified atom stereocenters. The number of ether oxygens (including phenoxy) is 1. The Hall–Kier alpha value is -0.830. The van der Waals surface area contributed by atoms with Crippen molar-refractivity contribution in [1.82, 2.24) is 4.90 Å². The number of allylic oxidation sites excluding steroid dienone is 1. The van der Waals surface area contributed by atoms with Crippen molar-refractivity contribution in [2.45, 2.75) is 39.5 Å². The molecule has 1 aliphatic heterocycles. The topological polar surface area (TPSA) is 29.5 Å². The molecule has 3 heteroatoms. The van der Waals surface area contributed by atoms with Gasteiger partial charge in [0.1, 0.15) is 0 Å². The van der Waals surface area contributed by atoms with Crippen molar-refractivity contribution < 1.29 is 9.53 Å². The van der Waals surface area contributed by atoms with E-state index in [-0.39, 0.29) is 5.91 Å². The lowest BCUT2D eigenvalue weighted by molar-refractivity contribution is -0.130. The molecule has 0 aromatic heterocycles. The highest BCUT2D eigenvalue weighted by Gasteiger charge is 2.30. The zero-order valence-electron chi connectivity index (χ0n) is 11.7. The van der Waals surface area contributed by atoms with Gasteiger partial charge in [-0.2, -0.15) is 0 Å². The molecule has 2 aliphatic rings. The van der Waals surface area contributed by atoms with Gasteiger partial charge in [0.2, 0.25) is 5.91 Å². The minimum Gasteiger partial charge on any atom is -0.378 e. The number of morpholine rings is 1. The number of carbonyl (C=O) groups excluding carboxylic acids is 1. The van der Waals surface area contributed by atoms with E-state index in [1.807, 2.05) is 4.90 Å². The molecule has 0 N–H and O–H groups in total. The van der Waals surface area contributed by atoms with Crippen molar-refractivity contribution in [1.29, 1.82) is 0 Å². The fourth-order valence-corrected chi connectivity index (χ4v) is 2.97. The molecule has 0 bridgehead atoms. The first-order valence-corrected chi connectivity index (χ1v) is 7.14. The van der Waals surface area contributed by atoms with Crippen LogP contribution >= 0.6 is 0 Å². The van der Waals surface area contributed by atoms with Crippen LogP contribution in [0.15, 0.2) is 12.2 Å². The summed E-state index contributed by atoms with van der Waals surface area (Å²) in [4.78, 5) is 13.9. The maximum absolute atomic E-state index is 12.0. The van der Waals surface area contributed by atoms with Gasteiger partial charge in [0.05, 0.1) is 13.2 Å². The number of hydrogen-bond acceptors (Lipinski definition) is 2. The molecule has 102 valence electrons. The minimum atomic E-state index is 0.152. The van der Waals surface area contributed by atoms with Gasteiger partial charge in [-0.25, -0.2) is 0 Å². The fraction of sp³-hybridized carbons (Fsp3) is 0.800. The molecule has 2 fully saturated rings. The normalized spacial score (nSPS) is 28.6. The number of amides is 1. The zero-order chi connectivity index (χ0) is 13.0. The molecular formula is C15H25NO2. The molecule has 1 saturated heterocycles. The Balaban J connectivity index is 1.90. The summed E-state index contributed by atoms with van der Waals surface area (Å²) in [6.07, 6.45) is 9.06. The second-order valence-corrected chi connectivity index (χ2v) is 6.14. The average Bonchev–Trinajstić information content (AvgIpc) is 2.38. The Bertz CT molecular complexity index is 316. The van der Waals surface area contributed by atoms with Crippen LogP contribution < -0.4 is 0 Å². The van der Waals surface area contributed by atoms with Crippen LogP contribution in [0.4, 0.5) is 0 Å². The average molecular weight is 251 g/mol. The van der Waals surface area contributed by atoms with Crippen LogP contribution in [0.1, 0.15) is 39.5 Å². The van der Waals surface area contributed by atoms with Gasteiger partial charge < -0.3 is 9.64 Å². The Kier molecular flexibility index (Phi) is 4.44. The van der Waals surface area contributed by atoms with Crippen LogP contribution in [0.2, 0.25) is 0 Å². The summed E-state index contributed by atoms with van der Waals surface area (Å²) in [7, 11) is 0. The Morgan fingerprint density at radius 2 is 2.00 bits per heavy atom. The molecule has 1 saturated carbocycles. The minimum absolute atomic E-state index is 0.152. The molecule has 1 heterocycles. The predicted molar refractivity (Wildman–Crippen MR) is 72.3 cm³/mol. The first-order chi connectivity index (χ1) is 8.59. The highest BCUT2D eigenvalue weighted by atomic mass is 16.5. The second kappa shape index (κ2) is 5.87. The number of rotatable bonds is 2. The highest BCUT2D eigenvalue weighted by Crippen LogP contribution is 2.41. The van der Waals surface area contributed by atoms with Gasteiger partial charge in [-0.1, -0.05) is 32.8 Å². The lowest BCUT2D eigenvalue weighted by Crippen LogP contribution is -2.40. The fourth-order valence-electron chi connectivity index (χ4n) is 2.97. The maximum atomic E-state index is 12.0. The van der Waals surface area contributed by atoms with E-state index < -0.39 is 0 Å². The molecule has 3 nitrogen and oxygen atoms in total. The van der Waals surface area contributed by atoms with Gasteiger partial charge in [0.15, 0.2) is 0 Å². The second-order valence-electron chi connectivity index (χ2n) is 6.14. The standard InChI is InChI=1S/C15H25NO2/c1-15(2)8-4-3-5-13(15)6-7-14(17)16-9-11-18-12-10-16/h6-7,13H,3-5,8-12H2,1-2H3/b7-6+/t13-/m0/s1. The molecule has 0 aromatic carbocycles. The monoisotopic (exact) mass is 251 g/mol.